The van der Waals surface area contributed by atoms with Gasteiger partial charge < -0.3 is 4.42 Å². The van der Waals surface area contributed by atoms with Gasteiger partial charge in [-0.15, -0.1) is 0 Å². The molecule has 0 bridgehead atoms. The van der Waals surface area contributed by atoms with Crippen LogP contribution in [0.4, 0.5) is 8.78 Å². The second-order valence-corrected chi connectivity index (χ2v) is 7.43. The van der Waals surface area contributed by atoms with Crippen LogP contribution in [0.2, 0.25) is 0 Å². The topological polar surface area (TPSA) is 95.3 Å². The molecule has 1 aromatic heterocycles. The van der Waals surface area contributed by atoms with Gasteiger partial charge in [-0.3, -0.25) is 0 Å². The van der Waals surface area contributed by atoms with E-state index in [0.717, 1.165) is 23.0 Å². The molecule has 0 aliphatic heterocycles. The van der Waals surface area contributed by atoms with Gasteiger partial charge in [0.2, 0.25) is 10.0 Å². The smallest absolute Gasteiger partial charge is 0.415 e. The monoisotopic (exact) mass is 430 g/mol. The SMILES string of the molecule is NS(=O)(=O)c1c(F)cc(-c2coc(=O)n2-c2cccc(Br)c2)cc1F. The molecule has 3 rings (SSSR count). The Morgan fingerprint density at radius 2 is 1.76 bits per heavy atom. The molecule has 0 spiro atoms. The molecule has 0 fully saturated rings. The van der Waals surface area contributed by atoms with E-state index in [-0.39, 0.29) is 11.3 Å². The number of hydrogen-bond donors (Lipinski definition) is 1. The number of aromatic nitrogens is 1. The van der Waals surface area contributed by atoms with Gasteiger partial charge >= 0.3 is 5.76 Å². The molecule has 130 valence electrons. The zero-order valence-electron chi connectivity index (χ0n) is 12.2. The summed E-state index contributed by atoms with van der Waals surface area (Å²) in [5.41, 5.74) is 0.342. The van der Waals surface area contributed by atoms with Crippen LogP contribution in [0.1, 0.15) is 0 Å². The molecule has 6 nitrogen and oxygen atoms in total. The number of primary sulfonamides is 1. The predicted octanol–water partition coefficient (Wildman–Crippen LogP) is 2.79. The summed E-state index contributed by atoms with van der Waals surface area (Å²) in [5, 5.41) is 4.80. The van der Waals surface area contributed by atoms with E-state index in [1.165, 1.54) is 0 Å². The summed E-state index contributed by atoms with van der Waals surface area (Å²) >= 11 is 3.26. The lowest BCUT2D eigenvalue weighted by molar-refractivity contribution is 0.504. The van der Waals surface area contributed by atoms with Gasteiger partial charge in [0.25, 0.3) is 0 Å². The van der Waals surface area contributed by atoms with Gasteiger partial charge in [0.05, 0.1) is 11.4 Å². The zero-order chi connectivity index (χ0) is 18.4. The van der Waals surface area contributed by atoms with Gasteiger partial charge in [-0.25, -0.2) is 31.7 Å². The van der Waals surface area contributed by atoms with Gasteiger partial charge in [0.1, 0.15) is 17.9 Å². The highest BCUT2D eigenvalue weighted by Gasteiger charge is 2.23. The fourth-order valence-corrected chi connectivity index (χ4v) is 3.40. The molecule has 0 aliphatic rings. The quantitative estimate of drug-likeness (QED) is 0.690. The molecule has 0 atom stereocenters. The van der Waals surface area contributed by atoms with E-state index < -0.39 is 32.3 Å². The first-order chi connectivity index (χ1) is 11.7. The Labute approximate surface area is 148 Å². The summed E-state index contributed by atoms with van der Waals surface area (Å²) in [6.07, 6.45) is 1.02. The second-order valence-electron chi connectivity index (χ2n) is 5.02. The number of sulfonamides is 1. The number of rotatable bonds is 3. The first-order valence-corrected chi connectivity index (χ1v) is 9.01. The van der Waals surface area contributed by atoms with Crippen LogP contribution in [0.5, 0.6) is 0 Å². The normalized spacial score (nSPS) is 11.7. The Hall–Kier alpha value is -2.30. The number of nitrogens with two attached hydrogens (primary N) is 1. The Kier molecular flexibility index (Phi) is 4.35. The Morgan fingerprint density at radius 3 is 2.32 bits per heavy atom. The van der Waals surface area contributed by atoms with E-state index in [9.17, 15) is 22.0 Å². The summed E-state index contributed by atoms with van der Waals surface area (Å²) in [6, 6.07) is 8.12. The highest BCUT2D eigenvalue weighted by molar-refractivity contribution is 9.10. The van der Waals surface area contributed by atoms with Crippen LogP contribution >= 0.6 is 15.9 Å². The average molecular weight is 431 g/mol. The van der Waals surface area contributed by atoms with Crippen LogP contribution in [0.3, 0.4) is 0 Å². The van der Waals surface area contributed by atoms with Crippen molar-refractivity contribution in [2.45, 2.75) is 4.90 Å². The third-order valence-corrected chi connectivity index (χ3v) is 4.79. The van der Waals surface area contributed by atoms with Gasteiger partial charge in [-0.05, 0) is 30.3 Å². The van der Waals surface area contributed by atoms with Crippen molar-refractivity contribution in [1.29, 1.82) is 0 Å². The molecule has 0 aliphatic carbocycles. The lowest BCUT2D eigenvalue weighted by atomic mass is 10.1. The first-order valence-electron chi connectivity index (χ1n) is 6.67. The fourth-order valence-electron chi connectivity index (χ4n) is 2.35. The molecule has 1 heterocycles. The molecular formula is C15H9BrF2N2O4S. The largest absolute Gasteiger partial charge is 0.424 e. The molecule has 0 saturated heterocycles. The number of hydrogen-bond acceptors (Lipinski definition) is 4. The molecule has 0 unspecified atom stereocenters. The minimum absolute atomic E-state index is 0.0434. The maximum atomic E-state index is 14.1. The predicted molar refractivity (Wildman–Crippen MR) is 88.7 cm³/mol. The van der Waals surface area contributed by atoms with Crippen molar-refractivity contribution in [3.05, 3.63) is 69.3 Å². The average Bonchev–Trinajstić information content (AvgIpc) is 2.86. The lowest BCUT2D eigenvalue weighted by Gasteiger charge is -2.09. The van der Waals surface area contributed by atoms with Crippen LogP contribution in [0, 0.1) is 11.6 Å². The van der Waals surface area contributed by atoms with Crippen molar-refractivity contribution < 1.29 is 21.6 Å². The van der Waals surface area contributed by atoms with Crippen LogP contribution in [0.25, 0.3) is 16.9 Å². The van der Waals surface area contributed by atoms with E-state index in [2.05, 4.69) is 15.9 Å². The Balaban J connectivity index is 2.25. The number of oxazole rings is 1. The van der Waals surface area contributed by atoms with Crippen molar-refractivity contribution in [1.82, 2.24) is 4.57 Å². The van der Waals surface area contributed by atoms with Crippen LogP contribution in [-0.2, 0) is 10.0 Å². The minimum atomic E-state index is -4.57. The first kappa shape index (κ1) is 17.5. The molecular weight excluding hydrogens is 422 g/mol. The molecule has 10 heteroatoms. The number of benzene rings is 2. The zero-order valence-corrected chi connectivity index (χ0v) is 14.6. The van der Waals surface area contributed by atoms with Crippen LogP contribution in [-0.4, -0.2) is 13.0 Å². The highest BCUT2D eigenvalue weighted by Crippen LogP contribution is 2.28. The molecule has 25 heavy (non-hydrogen) atoms. The van der Waals surface area contributed by atoms with E-state index >= 15 is 0 Å². The molecule has 3 aromatic rings. The third-order valence-electron chi connectivity index (χ3n) is 3.34. The maximum Gasteiger partial charge on any atom is 0.424 e. The summed E-state index contributed by atoms with van der Waals surface area (Å²) in [5.74, 6) is -3.51. The van der Waals surface area contributed by atoms with Crippen molar-refractivity contribution in [2.24, 2.45) is 5.14 Å². The number of halogens is 3. The van der Waals surface area contributed by atoms with Crippen LogP contribution in [0.15, 0.2) is 61.2 Å². The van der Waals surface area contributed by atoms with Gasteiger partial charge in [-0.1, -0.05) is 22.0 Å². The molecule has 0 radical (unpaired) electrons. The fraction of sp³-hybridized carbons (Fsp3) is 0. The van der Waals surface area contributed by atoms with Crippen molar-refractivity contribution >= 4 is 26.0 Å². The summed E-state index contributed by atoms with van der Waals surface area (Å²) in [4.78, 5) is 10.8. The molecule has 2 aromatic carbocycles. The minimum Gasteiger partial charge on any atom is -0.415 e. The Morgan fingerprint density at radius 1 is 1.12 bits per heavy atom. The van der Waals surface area contributed by atoms with Crippen LogP contribution < -0.4 is 10.9 Å². The molecule has 2 N–H and O–H groups in total. The van der Waals surface area contributed by atoms with Crippen molar-refractivity contribution in [2.75, 3.05) is 0 Å². The van der Waals surface area contributed by atoms with E-state index in [4.69, 9.17) is 9.56 Å². The molecule has 0 amide bonds. The standard InChI is InChI=1S/C15H9BrF2N2O4S/c16-9-2-1-3-10(6-9)20-13(7-24-15(20)21)8-4-11(17)14(12(18)5-8)25(19,22)23/h1-7H,(H2,19,22,23). The van der Waals surface area contributed by atoms with Crippen molar-refractivity contribution in [3.8, 4) is 16.9 Å². The van der Waals surface area contributed by atoms with Gasteiger partial charge in [0, 0.05) is 10.0 Å². The summed E-state index contributed by atoms with van der Waals surface area (Å²) < 4.78 is 57.3. The third kappa shape index (κ3) is 3.28. The Bertz CT molecular complexity index is 1120. The summed E-state index contributed by atoms with van der Waals surface area (Å²) in [6.45, 7) is 0. The number of nitrogens with zero attached hydrogens (tertiary/aromatic N) is 1. The molecule has 0 saturated carbocycles. The van der Waals surface area contributed by atoms with E-state index in [1.807, 2.05) is 0 Å². The van der Waals surface area contributed by atoms with E-state index in [1.54, 1.807) is 24.3 Å². The van der Waals surface area contributed by atoms with Crippen molar-refractivity contribution in [3.63, 3.8) is 0 Å². The second kappa shape index (κ2) is 6.21. The maximum absolute atomic E-state index is 14.1. The van der Waals surface area contributed by atoms with E-state index in [0.29, 0.717) is 10.2 Å². The highest BCUT2D eigenvalue weighted by atomic mass is 79.9. The van der Waals surface area contributed by atoms with Gasteiger partial charge in [-0.2, -0.15) is 0 Å². The summed E-state index contributed by atoms with van der Waals surface area (Å²) in [7, 11) is -4.57. The van der Waals surface area contributed by atoms with Gasteiger partial charge in [0.15, 0.2) is 4.90 Å². The lowest BCUT2D eigenvalue weighted by Crippen LogP contribution is -2.17.